The fourth-order valence-electron chi connectivity index (χ4n) is 2.62. The molecule has 0 aliphatic carbocycles. The highest BCUT2D eigenvalue weighted by atomic mass is 16.5. The lowest BCUT2D eigenvalue weighted by Gasteiger charge is -2.19. The number of rotatable bonds is 8. The van der Waals surface area contributed by atoms with Crippen LogP contribution in [-0.2, 0) is 11.2 Å². The third-order valence-corrected chi connectivity index (χ3v) is 3.75. The van der Waals surface area contributed by atoms with E-state index in [1.165, 1.54) is 11.1 Å². The van der Waals surface area contributed by atoms with Gasteiger partial charge in [-0.15, -0.1) is 0 Å². The van der Waals surface area contributed by atoms with Gasteiger partial charge in [-0.2, -0.15) is 0 Å². The molecule has 1 heterocycles. The average molecular weight is 279 g/mol. The van der Waals surface area contributed by atoms with Crippen molar-refractivity contribution >= 4 is 0 Å². The van der Waals surface area contributed by atoms with Gasteiger partial charge in [0.2, 0.25) is 0 Å². The molecule has 112 valence electrons. The molecule has 0 spiro atoms. The van der Waals surface area contributed by atoms with Crippen LogP contribution in [0.15, 0.2) is 18.2 Å². The Kier molecular flexibility index (Phi) is 5.83. The van der Waals surface area contributed by atoms with Gasteiger partial charge in [0.1, 0.15) is 5.75 Å². The molecule has 0 radical (unpaired) electrons. The van der Waals surface area contributed by atoms with Crippen LogP contribution in [0, 0.1) is 0 Å². The van der Waals surface area contributed by atoms with Crippen molar-refractivity contribution in [2.75, 3.05) is 26.9 Å². The Hall–Kier alpha value is -1.10. The van der Waals surface area contributed by atoms with Crippen LogP contribution in [-0.4, -0.2) is 38.1 Å². The maximum absolute atomic E-state index is 9.65. The van der Waals surface area contributed by atoms with Crippen LogP contribution in [0.5, 0.6) is 5.75 Å². The van der Waals surface area contributed by atoms with Gasteiger partial charge in [0.25, 0.3) is 0 Å². The van der Waals surface area contributed by atoms with Crippen molar-refractivity contribution in [3.8, 4) is 5.75 Å². The number of benzene rings is 1. The topological polar surface area (TPSA) is 50.7 Å². The van der Waals surface area contributed by atoms with Crippen LogP contribution in [0.2, 0.25) is 0 Å². The summed E-state index contributed by atoms with van der Waals surface area (Å²) in [5.74, 6) is 1.03. The fourth-order valence-corrected chi connectivity index (χ4v) is 2.62. The summed E-state index contributed by atoms with van der Waals surface area (Å²) in [6, 6.07) is 6.78. The second kappa shape index (κ2) is 7.62. The van der Waals surface area contributed by atoms with E-state index in [0.29, 0.717) is 19.1 Å². The molecule has 1 aromatic rings. The maximum atomic E-state index is 9.65. The molecule has 1 aromatic carbocycles. The molecule has 2 atom stereocenters. The molecule has 0 saturated carbocycles. The molecule has 4 heteroatoms. The first-order chi connectivity index (χ1) is 9.74. The summed E-state index contributed by atoms with van der Waals surface area (Å²) in [5, 5.41) is 13.2. The van der Waals surface area contributed by atoms with Crippen molar-refractivity contribution in [2.45, 2.75) is 38.3 Å². The number of methoxy groups -OCH3 is 1. The summed E-state index contributed by atoms with van der Waals surface area (Å²) in [6.45, 7) is 4.16. The van der Waals surface area contributed by atoms with Gasteiger partial charge in [-0.25, -0.2) is 0 Å². The van der Waals surface area contributed by atoms with E-state index in [9.17, 15) is 5.11 Å². The zero-order valence-electron chi connectivity index (χ0n) is 12.4. The first-order valence-corrected chi connectivity index (χ1v) is 7.40. The molecule has 0 fully saturated rings. The molecule has 4 nitrogen and oxygen atoms in total. The standard InChI is InChI=1S/C16H25NO3/c1-3-15(17-8-6-14(18)11-19-2)12-4-5-16-13(10-12)7-9-20-16/h4-5,10,14-15,17-18H,3,6-9,11H2,1-2H3. The first-order valence-electron chi connectivity index (χ1n) is 7.40. The van der Waals surface area contributed by atoms with E-state index in [2.05, 4.69) is 30.4 Å². The monoisotopic (exact) mass is 279 g/mol. The van der Waals surface area contributed by atoms with E-state index < -0.39 is 6.10 Å². The largest absolute Gasteiger partial charge is 0.493 e. The normalized spacial score (nSPS) is 16.6. The summed E-state index contributed by atoms with van der Waals surface area (Å²) < 4.78 is 10.5. The van der Waals surface area contributed by atoms with Gasteiger partial charge in [-0.1, -0.05) is 19.1 Å². The SMILES string of the molecule is CCC(NCCC(O)COC)c1ccc2c(c1)CCO2. The average Bonchev–Trinajstić information content (AvgIpc) is 2.91. The van der Waals surface area contributed by atoms with Crippen molar-refractivity contribution < 1.29 is 14.6 Å². The Bertz CT molecular complexity index is 422. The second-order valence-corrected chi connectivity index (χ2v) is 5.28. The minimum absolute atomic E-state index is 0.329. The van der Waals surface area contributed by atoms with Crippen LogP contribution in [0.4, 0.5) is 0 Å². The van der Waals surface area contributed by atoms with Gasteiger partial charge in [-0.3, -0.25) is 0 Å². The van der Waals surface area contributed by atoms with E-state index >= 15 is 0 Å². The predicted molar refractivity (Wildman–Crippen MR) is 79.2 cm³/mol. The molecule has 20 heavy (non-hydrogen) atoms. The molecule has 1 aliphatic rings. The number of ether oxygens (including phenoxy) is 2. The van der Waals surface area contributed by atoms with Gasteiger partial charge in [0.15, 0.2) is 0 Å². The molecule has 0 bridgehead atoms. The Morgan fingerprint density at radius 3 is 3.05 bits per heavy atom. The molecule has 2 unspecified atom stereocenters. The number of aliphatic hydroxyl groups excluding tert-OH is 1. The Morgan fingerprint density at radius 1 is 1.45 bits per heavy atom. The van der Waals surface area contributed by atoms with Crippen LogP contribution < -0.4 is 10.1 Å². The Labute approximate surface area is 121 Å². The summed E-state index contributed by atoms with van der Waals surface area (Å²) in [7, 11) is 1.61. The van der Waals surface area contributed by atoms with Crippen LogP contribution in [0.25, 0.3) is 0 Å². The van der Waals surface area contributed by atoms with Gasteiger partial charge in [-0.05, 0) is 36.6 Å². The third-order valence-electron chi connectivity index (χ3n) is 3.75. The molecule has 0 amide bonds. The van der Waals surface area contributed by atoms with Crippen molar-refractivity contribution in [3.05, 3.63) is 29.3 Å². The van der Waals surface area contributed by atoms with Gasteiger partial charge >= 0.3 is 0 Å². The predicted octanol–water partition coefficient (Wildman–Crippen LogP) is 2.06. The number of aliphatic hydroxyl groups is 1. The lowest BCUT2D eigenvalue weighted by molar-refractivity contribution is 0.0589. The lowest BCUT2D eigenvalue weighted by Crippen LogP contribution is -2.26. The zero-order valence-corrected chi connectivity index (χ0v) is 12.4. The van der Waals surface area contributed by atoms with Gasteiger partial charge in [0.05, 0.1) is 19.3 Å². The third kappa shape index (κ3) is 3.95. The minimum atomic E-state index is -0.390. The van der Waals surface area contributed by atoms with E-state index in [4.69, 9.17) is 9.47 Å². The highest BCUT2D eigenvalue weighted by Gasteiger charge is 2.16. The maximum Gasteiger partial charge on any atom is 0.122 e. The molecule has 0 aromatic heterocycles. The first kappa shape index (κ1) is 15.3. The van der Waals surface area contributed by atoms with Crippen LogP contribution in [0.1, 0.15) is 36.9 Å². The van der Waals surface area contributed by atoms with Crippen molar-refractivity contribution in [2.24, 2.45) is 0 Å². The molecule has 0 saturated heterocycles. The molecule has 1 aliphatic heterocycles. The van der Waals surface area contributed by atoms with E-state index in [1.54, 1.807) is 7.11 Å². The van der Waals surface area contributed by atoms with Crippen molar-refractivity contribution in [1.82, 2.24) is 5.32 Å². The number of hydrogen-bond acceptors (Lipinski definition) is 4. The lowest BCUT2D eigenvalue weighted by atomic mass is 10.0. The molecular weight excluding hydrogens is 254 g/mol. The summed E-state index contributed by atoms with van der Waals surface area (Å²) >= 11 is 0. The summed E-state index contributed by atoms with van der Waals surface area (Å²) in [4.78, 5) is 0. The van der Waals surface area contributed by atoms with Crippen LogP contribution in [0.3, 0.4) is 0 Å². The second-order valence-electron chi connectivity index (χ2n) is 5.28. The minimum Gasteiger partial charge on any atom is -0.493 e. The van der Waals surface area contributed by atoms with E-state index in [1.807, 2.05) is 0 Å². The smallest absolute Gasteiger partial charge is 0.122 e. The molecule has 2 N–H and O–H groups in total. The fraction of sp³-hybridized carbons (Fsp3) is 0.625. The highest BCUT2D eigenvalue weighted by molar-refractivity contribution is 5.40. The quantitative estimate of drug-likeness (QED) is 0.765. The van der Waals surface area contributed by atoms with Crippen LogP contribution >= 0.6 is 0 Å². The molecular formula is C16H25NO3. The van der Waals surface area contributed by atoms with Gasteiger partial charge in [0, 0.05) is 19.6 Å². The number of fused-ring (bicyclic) bond motifs is 1. The summed E-state index contributed by atoms with van der Waals surface area (Å²) in [6.07, 6.45) is 2.35. The van der Waals surface area contributed by atoms with E-state index in [-0.39, 0.29) is 0 Å². The number of hydrogen-bond donors (Lipinski definition) is 2. The summed E-state index contributed by atoms with van der Waals surface area (Å²) in [5.41, 5.74) is 2.61. The zero-order chi connectivity index (χ0) is 14.4. The van der Waals surface area contributed by atoms with Gasteiger partial charge < -0.3 is 19.9 Å². The number of nitrogens with one attached hydrogen (secondary N) is 1. The Balaban J connectivity index is 1.88. The van der Waals surface area contributed by atoms with Crippen molar-refractivity contribution in [1.29, 1.82) is 0 Å². The Morgan fingerprint density at radius 2 is 2.30 bits per heavy atom. The molecule has 2 rings (SSSR count). The van der Waals surface area contributed by atoms with Crippen molar-refractivity contribution in [3.63, 3.8) is 0 Å². The highest BCUT2D eigenvalue weighted by Crippen LogP contribution is 2.29. The van der Waals surface area contributed by atoms with E-state index in [0.717, 1.165) is 31.7 Å².